The predicted molar refractivity (Wildman–Crippen MR) is 79.7 cm³/mol. The minimum Gasteiger partial charge on any atom is -0.361 e. The first-order valence-corrected chi connectivity index (χ1v) is 7.43. The smallest absolute Gasteiger partial charge is 0.235 e. The number of hydrogen-bond acceptors (Lipinski definition) is 5. The molecule has 2 aromatic rings. The molecule has 2 aromatic heterocycles. The van der Waals surface area contributed by atoms with E-state index in [-0.39, 0.29) is 5.91 Å². The summed E-state index contributed by atoms with van der Waals surface area (Å²) < 4.78 is 5.09. The van der Waals surface area contributed by atoms with Gasteiger partial charge < -0.3 is 9.84 Å². The molecule has 20 heavy (non-hydrogen) atoms. The van der Waals surface area contributed by atoms with Crippen molar-refractivity contribution in [2.75, 3.05) is 11.1 Å². The Labute approximate surface area is 122 Å². The Morgan fingerprint density at radius 1 is 1.40 bits per heavy atom. The van der Waals surface area contributed by atoms with E-state index >= 15 is 0 Å². The minimum atomic E-state index is -0.0557. The number of aryl methyl sites for hydroxylation is 3. The van der Waals surface area contributed by atoms with Crippen LogP contribution in [0.2, 0.25) is 0 Å². The molecular weight excluding hydrogens is 274 g/mol. The Kier molecular flexibility index (Phi) is 4.79. The molecule has 0 bridgehead atoms. The maximum Gasteiger partial charge on any atom is 0.235 e. The van der Waals surface area contributed by atoms with Crippen molar-refractivity contribution < 1.29 is 9.32 Å². The van der Waals surface area contributed by atoms with Gasteiger partial charge in [0.05, 0.1) is 11.4 Å². The summed E-state index contributed by atoms with van der Waals surface area (Å²) in [6, 6.07) is 3.73. The van der Waals surface area contributed by atoms with Gasteiger partial charge >= 0.3 is 0 Å². The van der Waals surface area contributed by atoms with Gasteiger partial charge in [0.2, 0.25) is 5.91 Å². The second-order valence-corrected chi connectivity index (χ2v) is 5.55. The van der Waals surface area contributed by atoms with Crippen LogP contribution in [0, 0.1) is 20.8 Å². The Bertz CT molecular complexity index is 591. The Hall–Kier alpha value is -1.82. The van der Waals surface area contributed by atoms with Crippen molar-refractivity contribution in [1.29, 1.82) is 0 Å². The maximum atomic E-state index is 11.8. The fourth-order valence-electron chi connectivity index (χ4n) is 1.74. The van der Waals surface area contributed by atoms with Gasteiger partial charge in [-0.1, -0.05) is 5.16 Å². The van der Waals surface area contributed by atoms with E-state index in [0.717, 1.165) is 28.3 Å². The van der Waals surface area contributed by atoms with E-state index in [4.69, 9.17) is 4.52 Å². The van der Waals surface area contributed by atoms with Crippen LogP contribution in [-0.2, 0) is 10.5 Å². The summed E-state index contributed by atoms with van der Waals surface area (Å²) in [4.78, 5) is 15.9. The number of amides is 1. The number of pyridine rings is 1. The van der Waals surface area contributed by atoms with E-state index < -0.39 is 0 Å². The van der Waals surface area contributed by atoms with Crippen molar-refractivity contribution in [1.82, 2.24) is 10.1 Å². The average Bonchev–Trinajstić information content (AvgIpc) is 2.70. The van der Waals surface area contributed by atoms with Gasteiger partial charge in [-0.2, -0.15) is 0 Å². The summed E-state index contributed by atoms with van der Waals surface area (Å²) in [5.74, 6) is 2.44. The van der Waals surface area contributed by atoms with Gasteiger partial charge in [0.25, 0.3) is 0 Å². The third-order valence-corrected chi connectivity index (χ3v) is 3.80. The molecule has 0 aliphatic heterocycles. The van der Waals surface area contributed by atoms with Crippen molar-refractivity contribution in [3.63, 3.8) is 0 Å². The number of carbonyl (C=O) groups excluding carboxylic acids is 1. The quantitative estimate of drug-likeness (QED) is 0.917. The molecule has 2 rings (SSSR count). The summed E-state index contributed by atoms with van der Waals surface area (Å²) in [7, 11) is 0. The summed E-state index contributed by atoms with van der Waals surface area (Å²) >= 11 is 1.53. The first-order chi connectivity index (χ1) is 9.56. The standard InChI is InChI=1S/C14H17N3O2S/c1-9-4-5-15-13(6-9)16-14(18)8-20-7-12-10(2)17-19-11(12)3/h4-6H,7-8H2,1-3H3,(H,15,16,18). The second-order valence-electron chi connectivity index (χ2n) is 4.56. The van der Waals surface area contributed by atoms with Crippen LogP contribution in [0.25, 0.3) is 0 Å². The van der Waals surface area contributed by atoms with Crippen molar-refractivity contribution in [3.05, 3.63) is 40.9 Å². The lowest BCUT2D eigenvalue weighted by Gasteiger charge is -2.05. The number of carbonyl (C=O) groups is 1. The van der Waals surface area contributed by atoms with E-state index in [2.05, 4.69) is 15.5 Å². The zero-order valence-electron chi connectivity index (χ0n) is 11.8. The number of thioether (sulfide) groups is 1. The highest BCUT2D eigenvalue weighted by Crippen LogP contribution is 2.19. The van der Waals surface area contributed by atoms with E-state index in [0.29, 0.717) is 11.6 Å². The molecule has 0 radical (unpaired) electrons. The third kappa shape index (κ3) is 3.84. The van der Waals surface area contributed by atoms with Gasteiger partial charge in [-0.3, -0.25) is 4.79 Å². The van der Waals surface area contributed by atoms with E-state index in [1.54, 1.807) is 6.20 Å². The summed E-state index contributed by atoms with van der Waals surface area (Å²) in [6.07, 6.45) is 1.68. The average molecular weight is 291 g/mol. The number of rotatable bonds is 5. The second kappa shape index (κ2) is 6.56. The van der Waals surface area contributed by atoms with Crippen molar-refractivity contribution >= 4 is 23.5 Å². The molecule has 0 atom stereocenters. The SMILES string of the molecule is Cc1ccnc(NC(=O)CSCc2c(C)noc2C)c1. The maximum absolute atomic E-state index is 11.8. The number of anilines is 1. The van der Waals surface area contributed by atoms with E-state index in [1.807, 2.05) is 32.9 Å². The Balaban J connectivity index is 1.81. The van der Waals surface area contributed by atoms with Crippen LogP contribution in [0.4, 0.5) is 5.82 Å². The van der Waals surface area contributed by atoms with Crippen LogP contribution in [0.5, 0.6) is 0 Å². The molecule has 0 saturated heterocycles. The Morgan fingerprint density at radius 2 is 2.20 bits per heavy atom. The third-order valence-electron chi connectivity index (χ3n) is 2.84. The monoisotopic (exact) mass is 291 g/mol. The van der Waals surface area contributed by atoms with Gasteiger partial charge in [0.1, 0.15) is 11.6 Å². The van der Waals surface area contributed by atoms with Crippen LogP contribution >= 0.6 is 11.8 Å². The molecule has 0 unspecified atom stereocenters. The summed E-state index contributed by atoms with van der Waals surface area (Å²) in [5.41, 5.74) is 3.02. The summed E-state index contributed by atoms with van der Waals surface area (Å²) in [6.45, 7) is 5.75. The zero-order valence-corrected chi connectivity index (χ0v) is 12.6. The van der Waals surface area contributed by atoms with Crippen LogP contribution in [0.15, 0.2) is 22.9 Å². The largest absolute Gasteiger partial charge is 0.361 e. The lowest BCUT2D eigenvalue weighted by Crippen LogP contribution is -2.15. The Morgan fingerprint density at radius 3 is 2.85 bits per heavy atom. The molecule has 0 spiro atoms. The normalized spacial score (nSPS) is 10.6. The fourth-order valence-corrected chi connectivity index (χ4v) is 2.71. The zero-order chi connectivity index (χ0) is 14.5. The van der Waals surface area contributed by atoms with Gasteiger partial charge in [-0.25, -0.2) is 4.98 Å². The molecule has 0 aromatic carbocycles. The number of nitrogens with zero attached hydrogens (tertiary/aromatic N) is 2. The van der Waals surface area contributed by atoms with Crippen molar-refractivity contribution in [2.45, 2.75) is 26.5 Å². The summed E-state index contributed by atoms with van der Waals surface area (Å²) in [5, 5.41) is 6.67. The van der Waals surface area contributed by atoms with Gasteiger partial charge in [0.15, 0.2) is 0 Å². The lowest BCUT2D eigenvalue weighted by molar-refractivity contribution is -0.113. The van der Waals surface area contributed by atoms with Crippen LogP contribution in [0.1, 0.15) is 22.6 Å². The molecule has 0 aliphatic carbocycles. The number of aromatic nitrogens is 2. The number of hydrogen-bond donors (Lipinski definition) is 1. The first-order valence-electron chi connectivity index (χ1n) is 6.28. The molecule has 0 aliphatic rings. The molecule has 0 fully saturated rings. The topological polar surface area (TPSA) is 68.0 Å². The van der Waals surface area contributed by atoms with Crippen molar-refractivity contribution in [3.8, 4) is 0 Å². The fraction of sp³-hybridized carbons (Fsp3) is 0.357. The van der Waals surface area contributed by atoms with Gasteiger partial charge in [-0.15, -0.1) is 11.8 Å². The van der Waals surface area contributed by atoms with Crippen LogP contribution in [-0.4, -0.2) is 21.8 Å². The van der Waals surface area contributed by atoms with Crippen LogP contribution < -0.4 is 5.32 Å². The number of nitrogens with one attached hydrogen (secondary N) is 1. The van der Waals surface area contributed by atoms with Crippen molar-refractivity contribution in [2.24, 2.45) is 0 Å². The molecule has 6 heteroatoms. The molecule has 1 N–H and O–H groups in total. The van der Waals surface area contributed by atoms with Crippen LogP contribution in [0.3, 0.4) is 0 Å². The van der Waals surface area contributed by atoms with Gasteiger partial charge in [0, 0.05) is 17.5 Å². The molecule has 1 amide bonds. The van der Waals surface area contributed by atoms with E-state index in [9.17, 15) is 4.79 Å². The molecule has 0 saturated carbocycles. The molecule has 2 heterocycles. The highest BCUT2D eigenvalue weighted by Gasteiger charge is 2.10. The first kappa shape index (κ1) is 14.6. The molecule has 106 valence electrons. The molecule has 5 nitrogen and oxygen atoms in total. The van der Waals surface area contributed by atoms with Gasteiger partial charge in [-0.05, 0) is 38.5 Å². The molecular formula is C14H17N3O2S. The lowest BCUT2D eigenvalue weighted by atomic mass is 10.2. The highest BCUT2D eigenvalue weighted by atomic mass is 32.2. The van der Waals surface area contributed by atoms with E-state index in [1.165, 1.54) is 11.8 Å². The predicted octanol–water partition coefficient (Wildman–Crippen LogP) is 2.87. The minimum absolute atomic E-state index is 0.0557. The highest BCUT2D eigenvalue weighted by molar-refractivity contribution is 7.99.